The van der Waals surface area contributed by atoms with Crippen molar-refractivity contribution in [3.05, 3.63) is 42.5 Å². The third kappa shape index (κ3) is 1.31. The molecule has 1 heteroatoms. The summed E-state index contributed by atoms with van der Waals surface area (Å²) in [6, 6.07) is 14.7. The van der Waals surface area contributed by atoms with Crippen molar-refractivity contribution in [2.75, 3.05) is 0 Å². The standard InChI is InChI=1S/C9H7.U/c1-2-5-9-7-3-6-8(9)4-1;/h1-7H;/q-1;. The van der Waals surface area contributed by atoms with E-state index in [1.807, 2.05) is 0 Å². The van der Waals surface area contributed by atoms with Gasteiger partial charge in [-0.05, 0) is 0 Å². The van der Waals surface area contributed by atoms with Gasteiger partial charge in [0.15, 0.2) is 0 Å². The van der Waals surface area contributed by atoms with Gasteiger partial charge in [-0.15, -0.1) is 29.7 Å². The molecule has 0 nitrogen and oxygen atoms in total. The minimum Gasteiger partial charge on any atom is -0.168 e. The van der Waals surface area contributed by atoms with Crippen LogP contribution in [0.15, 0.2) is 42.5 Å². The summed E-state index contributed by atoms with van der Waals surface area (Å²) in [7, 11) is 0. The second-order valence-electron chi connectivity index (χ2n) is 2.15. The first-order chi connectivity index (χ1) is 4.47. The fraction of sp³-hybridized carbons (Fsp3) is 0. The topological polar surface area (TPSA) is 0 Å². The molecular formula is C9H7U-. The molecule has 0 amide bonds. The molecule has 0 aliphatic carbocycles. The average molecular weight is 353 g/mol. The third-order valence-electron chi connectivity index (χ3n) is 1.55. The van der Waals surface area contributed by atoms with E-state index in [4.69, 9.17) is 0 Å². The van der Waals surface area contributed by atoms with Crippen LogP contribution in [0.4, 0.5) is 0 Å². The monoisotopic (exact) mass is 353 g/mol. The molecule has 2 aromatic carbocycles. The molecule has 0 saturated carbocycles. The van der Waals surface area contributed by atoms with Gasteiger partial charge in [0.2, 0.25) is 0 Å². The maximum atomic E-state index is 2.12. The van der Waals surface area contributed by atoms with Gasteiger partial charge in [0.05, 0.1) is 0 Å². The summed E-state index contributed by atoms with van der Waals surface area (Å²) in [4.78, 5) is 0. The first-order valence-corrected chi connectivity index (χ1v) is 3.07. The van der Waals surface area contributed by atoms with E-state index in [9.17, 15) is 0 Å². The van der Waals surface area contributed by atoms with Gasteiger partial charge in [0, 0.05) is 31.1 Å². The van der Waals surface area contributed by atoms with E-state index in [0.717, 1.165) is 0 Å². The molecule has 48 valence electrons. The van der Waals surface area contributed by atoms with Crippen LogP contribution in [0.25, 0.3) is 10.8 Å². The van der Waals surface area contributed by atoms with Crippen molar-refractivity contribution in [2.24, 2.45) is 0 Å². The number of fused-ring (bicyclic) bond motifs is 1. The Morgan fingerprint density at radius 2 is 1.80 bits per heavy atom. The largest absolute Gasteiger partial charge is 0.168 e. The van der Waals surface area contributed by atoms with Crippen molar-refractivity contribution >= 4 is 10.8 Å². The number of hydrogen-bond acceptors (Lipinski definition) is 0. The van der Waals surface area contributed by atoms with E-state index >= 15 is 0 Å². The molecule has 0 N–H and O–H groups in total. The first kappa shape index (κ1) is 7.98. The van der Waals surface area contributed by atoms with Crippen molar-refractivity contribution in [2.45, 2.75) is 0 Å². The van der Waals surface area contributed by atoms with E-state index in [-0.39, 0.29) is 31.1 Å². The summed E-state index contributed by atoms with van der Waals surface area (Å²) >= 11 is 0. The summed E-state index contributed by atoms with van der Waals surface area (Å²) in [5.74, 6) is 0. The van der Waals surface area contributed by atoms with Crippen LogP contribution in [-0.4, -0.2) is 0 Å². The normalized spacial score (nSPS) is 9.20. The Hall–Kier alpha value is -0.118. The zero-order chi connectivity index (χ0) is 6.10. The van der Waals surface area contributed by atoms with Crippen molar-refractivity contribution in [1.29, 1.82) is 0 Å². The van der Waals surface area contributed by atoms with Crippen LogP contribution in [0.1, 0.15) is 0 Å². The quantitative estimate of drug-likeness (QED) is 0.639. The molecule has 0 aliphatic heterocycles. The van der Waals surface area contributed by atoms with Crippen LogP contribution < -0.4 is 0 Å². The van der Waals surface area contributed by atoms with Gasteiger partial charge in [0.25, 0.3) is 0 Å². The van der Waals surface area contributed by atoms with Crippen LogP contribution in [0, 0.1) is 31.1 Å². The fourth-order valence-corrected chi connectivity index (χ4v) is 1.07. The summed E-state index contributed by atoms with van der Waals surface area (Å²) in [6.45, 7) is 0. The predicted molar refractivity (Wildman–Crippen MR) is 39.5 cm³/mol. The average Bonchev–Trinajstić information content (AvgIpc) is 2.33. The van der Waals surface area contributed by atoms with Crippen LogP contribution in [0.2, 0.25) is 0 Å². The van der Waals surface area contributed by atoms with E-state index in [0.29, 0.717) is 0 Å². The SMILES string of the molecule is [U].c1ccc2[cH-]ccc2c1. The number of hydrogen-bond donors (Lipinski definition) is 0. The summed E-state index contributed by atoms with van der Waals surface area (Å²) in [5, 5.41) is 2.66. The zero-order valence-corrected chi connectivity index (χ0v) is 9.71. The van der Waals surface area contributed by atoms with E-state index in [1.54, 1.807) is 0 Å². The Labute approximate surface area is 84.0 Å². The molecule has 0 radical (unpaired) electrons. The molecule has 0 fully saturated rings. The second-order valence-corrected chi connectivity index (χ2v) is 2.15. The van der Waals surface area contributed by atoms with Crippen LogP contribution in [-0.2, 0) is 0 Å². The molecule has 0 saturated heterocycles. The van der Waals surface area contributed by atoms with Crippen molar-refractivity contribution in [3.8, 4) is 0 Å². The maximum Gasteiger partial charge on any atom is 0 e. The molecule has 0 atom stereocenters. The Morgan fingerprint density at radius 1 is 1.00 bits per heavy atom. The molecular weight excluding hydrogens is 346 g/mol. The Kier molecular flexibility index (Phi) is 2.65. The summed E-state index contributed by atoms with van der Waals surface area (Å²) in [6.07, 6.45) is 0. The zero-order valence-electron chi connectivity index (χ0n) is 5.54. The van der Waals surface area contributed by atoms with Gasteiger partial charge in [0.1, 0.15) is 0 Å². The van der Waals surface area contributed by atoms with Crippen molar-refractivity contribution in [1.82, 2.24) is 0 Å². The molecule has 2 rings (SSSR count). The van der Waals surface area contributed by atoms with Crippen LogP contribution in [0.3, 0.4) is 0 Å². The minimum absolute atomic E-state index is 0. The first-order valence-electron chi connectivity index (χ1n) is 3.07. The van der Waals surface area contributed by atoms with Crippen molar-refractivity contribution < 1.29 is 31.1 Å². The van der Waals surface area contributed by atoms with E-state index in [2.05, 4.69) is 42.5 Å². The Balaban J connectivity index is 0.000000500. The van der Waals surface area contributed by atoms with E-state index in [1.165, 1.54) is 10.8 Å². The molecule has 0 unspecified atom stereocenters. The molecule has 0 aliphatic rings. The summed E-state index contributed by atoms with van der Waals surface area (Å²) in [5.41, 5.74) is 0. The molecule has 0 spiro atoms. The smallest absolute Gasteiger partial charge is 0 e. The second kappa shape index (κ2) is 3.33. The predicted octanol–water partition coefficient (Wildman–Crippen LogP) is 2.56. The molecule has 0 heterocycles. The Bertz CT molecular complexity index is 279. The van der Waals surface area contributed by atoms with Crippen LogP contribution >= 0.6 is 0 Å². The van der Waals surface area contributed by atoms with Gasteiger partial charge in [-0.1, -0.05) is 6.07 Å². The maximum absolute atomic E-state index is 2.12. The fourth-order valence-electron chi connectivity index (χ4n) is 1.07. The van der Waals surface area contributed by atoms with Gasteiger partial charge < -0.3 is 0 Å². The Morgan fingerprint density at radius 3 is 2.60 bits per heavy atom. The number of rotatable bonds is 0. The number of benzene rings is 1. The van der Waals surface area contributed by atoms with Gasteiger partial charge in [-0.2, -0.15) is 17.5 Å². The molecule has 0 aromatic heterocycles. The minimum atomic E-state index is 0. The van der Waals surface area contributed by atoms with Gasteiger partial charge in [-0.3, -0.25) is 0 Å². The summed E-state index contributed by atoms with van der Waals surface area (Å²) < 4.78 is 0. The van der Waals surface area contributed by atoms with E-state index < -0.39 is 0 Å². The van der Waals surface area contributed by atoms with Gasteiger partial charge >= 0.3 is 0 Å². The van der Waals surface area contributed by atoms with Crippen molar-refractivity contribution in [3.63, 3.8) is 0 Å². The third-order valence-corrected chi connectivity index (χ3v) is 1.55. The molecule has 0 bridgehead atoms. The molecule has 10 heavy (non-hydrogen) atoms. The molecule has 2 aromatic rings. The van der Waals surface area contributed by atoms with Crippen LogP contribution in [0.5, 0.6) is 0 Å². The van der Waals surface area contributed by atoms with Gasteiger partial charge in [-0.25, -0.2) is 0 Å².